The lowest BCUT2D eigenvalue weighted by Crippen LogP contribution is -2.50. The zero-order valence-corrected chi connectivity index (χ0v) is 13.8. The Morgan fingerprint density at radius 2 is 2.09 bits per heavy atom. The highest BCUT2D eigenvalue weighted by molar-refractivity contribution is 7.91. The van der Waals surface area contributed by atoms with Crippen LogP contribution in [0.2, 0.25) is 0 Å². The van der Waals surface area contributed by atoms with Gasteiger partial charge in [0, 0.05) is 24.3 Å². The maximum absolute atomic E-state index is 13.0. The van der Waals surface area contributed by atoms with Crippen molar-refractivity contribution >= 4 is 21.6 Å². The molecule has 0 saturated carbocycles. The summed E-state index contributed by atoms with van der Waals surface area (Å²) in [5.74, 6) is 0.282. The highest BCUT2D eigenvalue weighted by Crippen LogP contribution is 2.33. The summed E-state index contributed by atoms with van der Waals surface area (Å²) in [6, 6.07) is 7.79. The average Bonchev–Trinajstić information content (AvgIpc) is 2.98. The lowest BCUT2D eigenvalue weighted by molar-refractivity contribution is 0.189. The second kappa shape index (κ2) is 5.57. The van der Waals surface area contributed by atoms with Crippen LogP contribution in [-0.4, -0.2) is 49.5 Å². The highest BCUT2D eigenvalue weighted by atomic mass is 32.2. The molecule has 0 radical (unpaired) electrons. The van der Waals surface area contributed by atoms with Crippen LogP contribution in [0, 0.1) is 0 Å². The SMILES string of the molecule is CCN(C(=O)N1c2ccccc2CC1C)C1CCS(=O)(=O)C1. The number of rotatable bonds is 2. The molecule has 0 spiro atoms. The molecule has 2 amide bonds. The third kappa shape index (κ3) is 2.60. The van der Waals surface area contributed by atoms with Gasteiger partial charge in [-0.1, -0.05) is 18.2 Å². The Morgan fingerprint density at radius 1 is 1.36 bits per heavy atom. The number of hydrogen-bond acceptors (Lipinski definition) is 3. The van der Waals surface area contributed by atoms with Gasteiger partial charge in [0.25, 0.3) is 0 Å². The van der Waals surface area contributed by atoms with E-state index in [9.17, 15) is 13.2 Å². The van der Waals surface area contributed by atoms with Crippen LogP contribution in [0.3, 0.4) is 0 Å². The van der Waals surface area contributed by atoms with Crippen molar-refractivity contribution in [3.63, 3.8) is 0 Å². The van der Waals surface area contributed by atoms with Gasteiger partial charge < -0.3 is 4.90 Å². The minimum atomic E-state index is -2.99. The lowest BCUT2D eigenvalue weighted by atomic mass is 10.1. The highest BCUT2D eigenvalue weighted by Gasteiger charge is 2.39. The Balaban J connectivity index is 1.86. The number of sulfone groups is 1. The van der Waals surface area contributed by atoms with E-state index in [0.29, 0.717) is 13.0 Å². The molecule has 2 aliphatic heterocycles. The van der Waals surface area contributed by atoms with Gasteiger partial charge in [-0.05, 0) is 38.3 Å². The van der Waals surface area contributed by atoms with E-state index in [2.05, 4.69) is 6.07 Å². The van der Waals surface area contributed by atoms with E-state index in [4.69, 9.17) is 0 Å². The normalized spacial score (nSPS) is 26.0. The van der Waals surface area contributed by atoms with Gasteiger partial charge in [-0.25, -0.2) is 13.2 Å². The van der Waals surface area contributed by atoms with E-state index in [1.807, 2.05) is 36.9 Å². The fourth-order valence-electron chi connectivity index (χ4n) is 3.57. The molecule has 1 saturated heterocycles. The Bertz CT molecular complexity index is 686. The summed E-state index contributed by atoms with van der Waals surface area (Å²) in [4.78, 5) is 16.6. The Hall–Kier alpha value is -1.56. The van der Waals surface area contributed by atoms with Gasteiger partial charge in [-0.3, -0.25) is 4.90 Å². The number of urea groups is 1. The van der Waals surface area contributed by atoms with Crippen molar-refractivity contribution in [3.8, 4) is 0 Å². The lowest BCUT2D eigenvalue weighted by Gasteiger charge is -2.33. The topological polar surface area (TPSA) is 57.7 Å². The number of para-hydroxylation sites is 1. The molecule has 1 aromatic carbocycles. The van der Waals surface area contributed by atoms with E-state index in [1.54, 1.807) is 4.90 Å². The number of anilines is 1. The first kappa shape index (κ1) is 15.3. The van der Waals surface area contributed by atoms with Gasteiger partial charge in [-0.15, -0.1) is 0 Å². The molecule has 1 fully saturated rings. The van der Waals surface area contributed by atoms with Crippen molar-refractivity contribution in [1.29, 1.82) is 0 Å². The number of amides is 2. The molecule has 22 heavy (non-hydrogen) atoms. The molecule has 2 atom stereocenters. The van der Waals surface area contributed by atoms with E-state index in [0.717, 1.165) is 12.1 Å². The Kier molecular flexibility index (Phi) is 3.89. The smallest absolute Gasteiger partial charge is 0.321 e. The van der Waals surface area contributed by atoms with E-state index in [1.165, 1.54) is 5.56 Å². The first-order valence-corrected chi connectivity index (χ1v) is 9.63. The average molecular weight is 322 g/mol. The van der Waals surface area contributed by atoms with Crippen LogP contribution >= 0.6 is 0 Å². The van der Waals surface area contributed by atoms with Crippen LogP contribution in [0.15, 0.2) is 24.3 Å². The molecule has 1 aromatic rings. The first-order chi connectivity index (χ1) is 10.4. The number of hydrogen-bond donors (Lipinski definition) is 0. The molecule has 2 aliphatic rings. The minimum Gasteiger partial charge on any atom is -0.321 e. The molecule has 3 rings (SSSR count). The summed E-state index contributed by atoms with van der Waals surface area (Å²) < 4.78 is 23.4. The second-order valence-corrected chi connectivity index (χ2v) is 8.41. The third-order valence-corrected chi connectivity index (χ3v) is 6.40. The Morgan fingerprint density at radius 3 is 2.73 bits per heavy atom. The maximum atomic E-state index is 13.0. The van der Waals surface area contributed by atoms with E-state index >= 15 is 0 Å². The van der Waals surface area contributed by atoms with Crippen LogP contribution < -0.4 is 4.90 Å². The molecular formula is C16H22N2O3S. The predicted molar refractivity (Wildman–Crippen MR) is 86.9 cm³/mol. The molecule has 2 heterocycles. The van der Waals surface area contributed by atoms with Crippen molar-refractivity contribution in [3.05, 3.63) is 29.8 Å². The maximum Gasteiger partial charge on any atom is 0.325 e. The van der Waals surface area contributed by atoms with Crippen LogP contribution in [0.1, 0.15) is 25.8 Å². The molecule has 0 aromatic heterocycles. The van der Waals surface area contributed by atoms with Crippen molar-refractivity contribution in [2.24, 2.45) is 0 Å². The summed E-state index contributed by atoms with van der Waals surface area (Å²) in [6.45, 7) is 4.48. The summed E-state index contributed by atoms with van der Waals surface area (Å²) in [7, 11) is -2.99. The number of carbonyl (C=O) groups excluding carboxylic acids is 1. The van der Waals surface area contributed by atoms with E-state index in [-0.39, 0.29) is 29.6 Å². The van der Waals surface area contributed by atoms with Gasteiger partial charge in [0.2, 0.25) is 0 Å². The first-order valence-electron chi connectivity index (χ1n) is 7.81. The van der Waals surface area contributed by atoms with Crippen LogP contribution in [0.4, 0.5) is 10.5 Å². The summed E-state index contributed by atoms with van der Waals surface area (Å²) in [6.07, 6.45) is 1.40. The zero-order chi connectivity index (χ0) is 15.9. The largest absolute Gasteiger partial charge is 0.325 e. The van der Waals surface area contributed by atoms with E-state index < -0.39 is 9.84 Å². The standard InChI is InChI=1S/C16H22N2O3S/c1-3-17(14-8-9-22(20,21)11-14)16(19)18-12(2)10-13-6-4-5-7-15(13)18/h4-7,12,14H,3,8-11H2,1-2H3. The zero-order valence-electron chi connectivity index (χ0n) is 13.0. The monoisotopic (exact) mass is 322 g/mol. The molecule has 120 valence electrons. The second-order valence-electron chi connectivity index (χ2n) is 6.18. The molecule has 6 heteroatoms. The fraction of sp³-hybridized carbons (Fsp3) is 0.562. The van der Waals surface area contributed by atoms with Crippen molar-refractivity contribution in [1.82, 2.24) is 4.90 Å². The van der Waals surface area contributed by atoms with Crippen molar-refractivity contribution < 1.29 is 13.2 Å². The molecule has 5 nitrogen and oxygen atoms in total. The van der Waals surface area contributed by atoms with Crippen LogP contribution in [0.25, 0.3) is 0 Å². The molecule has 2 unspecified atom stereocenters. The summed E-state index contributed by atoms with van der Waals surface area (Å²) in [5, 5.41) is 0. The predicted octanol–water partition coefficient (Wildman–Crippen LogP) is 2.07. The number of benzene rings is 1. The minimum absolute atomic E-state index is 0.0675. The number of nitrogens with zero attached hydrogens (tertiary/aromatic N) is 2. The summed E-state index contributed by atoms with van der Waals surface area (Å²) in [5.41, 5.74) is 2.14. The molecule has 0 bridgehead atoms. The van der Waals surface area contributed by atoms with Gasteiger partial charge in [0.05, 0.1) is 11.5 Å². The molecular weight excluding hydrogens is 300 g/mol. The molecule has 0 aliphatic carbocycles. The van der Waals surface area contributed by atoms with Crippen LogP contribution in [-0.2, 0) is 16.3 Å². The van der Waals surface area contributed by atoms with Gasteiger partial charge in [0.15, 0.2) is 9.84 Å². The third-order valence-electron chi connectivity index (χ3n) is 4.65. The van der Waals surface area contributed by atoms with Gasteiger partial charge in [-0.2, -0.15) is 0 Å². The van der Waals surface area contributed by atoms with Crippen LogP contribution in [0.5, 0.6) is 0 Å². The Labute approximate surface area is 131 Å². The summed E-state index contributed by atoms with van der Waals surface area (Å²) >= 11 is 0. The number of carbonyl (C=O) groups is 1. The number of fused-ring (bicyclic) bond motifs is 1. The van der Waals surface area contributed by atoms with Gasteiger partial charge >= 0.3 is 6.03 Å². The molecule has 0 N–H and O–H groups in total. The van der Waals surface area contributed by atoms with Crippen molar-refractivity contribution in [2.75, 3.05) is 23.0 Å². The quantitative estimate of drug-likeness (QED) is 0.837. The van der Waals surface area contributed by atoms with Gasteiger partial charge in [0.1, 0.15) is 0 Å². The van der Waals surface area contributed by atoms with Crippen molar-refractivity contribution in [2.45, 2.75) is 38.8 Å². The fourth-order valence-corrected chi connectivity index (χ4v) is 5.30.